The van der Waals surface area contributed by atoms with Crippen LogP contribution in [-0.4, -0.2) is 6.21 Å². The van der Waals surface area contributed by atoms with Crippen LogP contribution in [0.2, 0.25) is 0 Å². The molecule has 0 amide bonds. The zero-order valence-corrected chi connectivity index (χ0v) is 25.9. The largest absolute Gasteiger partial charge is 0.871 e. The molecule has 0 heterocycles. The van der Waals surface area contributed by atoms with Crippen molar-refractivity contribution in [2.75, 3.05) is 0 Å². The van der Waals surface area contributed by atoms with Gasteiger partial charge in [0.05, 0.1) is 27.9 Å². The molecule has 0 unspecified atom stereocenters. The minimum absolute atomic E-state index is 0.118. The van der Waals surface area contributed by atoms with Crippen molar-refractivity contribution in [3.63, 3.8) is 0 Å². The first-order chi connectivity index (χ1) is 20.6. The van der Waals surface area contributed by atoms with Crippen LogP contribution in [0.4, 0.5) is 58.4 Å². The molecule has 0 radical (unpaired) electrons. The van der Waals surface area contributed by atoms with Gasteiger partial charge < -0.3 is 5.11 Å². The third kappa shape index (κ3) is 8.04. The first-order valence-electron chi connectivity index (χ1n) is 12.0. The Morgan fingerprint density at radius 2 is 0.933 bits per heavy atom. The molecule has 0 fully saturated rings. The van der Waals surface area contributed by atoms with E-state index in [9.17, 15) is 57.8 Å². The van der Waals surface area contributed by atoms with Gasteiger partial charge in [0.15, 0.2) is 0 Å². The van der Waals surface area contributed by atoms with Gasteiger partial charge in [0.2, 0.25) is 0 Å². The number of alkyl halides is 12. The van der Waals surface area contributed by atoms with Crippen molar-refractivity contribution in [3.8, 4) is 28.0 Å². The average Bonchev–Trinajstić information content (AvgIpc) is 2.91. The predicted molar refractivity (Wildman–Crippen MR) is 156 cm³/mol. The molecular formula is C29H12F12I2NO-. The highest BCUT2D eigenvalue weighted by Crippen LogP contribution is 2.46. The smallest absolute Gasteiger partial charge is 0.416 e. The molecule has 4 aromatic rings. The van der Waals surface area contributed by atoms with Crippen molar-refractivity contribution in [2.24, 2.45) is 4.99 Å². The van der Waals surface area contributed by atoms with E-state index in [4.69, 9.17) is 0 Å². The summed E-state index contributed by atoms with van der Waals surface area (Å²) in [5.74, 6) is -0.587. The molecular weight excluding hydrogens is 860 g/mol. The highest BCUT2D eigenvalue weighted by atomic mass is 127. The number of para-hydroxylation sites is 1. The second kappa shape index (κ2) is 12.3. The number of hydrogen-bond acceptors (Lipinski definition) is 2. The molecule has 0 saturated heterocycles. The lowest BCUT2D eigenvalue weighted by Crippen LogP contribution is -2.11. The number of rotatable bonds is 4. The zero-order chi connectivity index (χ0) is 33.7. The molecule has 45 heavy (non-hydrogen) atoms. The van der Waals surface area contributed by atoms with Crippen molar-refractivity contribution in [2.45, 2.75) is 24.7 Å². The van der Waals surface area contributed by atoms with Gasteiger partial charge in [-0.1, -0.05) is 23.9 Å². The molecule has 0 aliphatic carbocycles. The van der Waals surface area contributed by atoms with Crippen LogP contribution in [0.5, 0.6) is 5.75 Å². The van der Waals surface area contributed by atoms with Gasteiger partial charge in [0.1, 0.15) is 0 Å². The van der Waals surface area contributed by atoms with Gasteiger partial charge in [-0.15, -0.1) is 0 Å². The molecule has 0 N–H and O–H groups in total. The van der Waals surface area contributed by atoms with E-state index in [0.717, 1.165) is 24.4 Å². The van der Waals surface area contributed by atoms with Gasteiger partial charge in [-0.05, 0) is 110 Å². The van der Waals surface area contributed by atoms with Gasteiger partial charge in [0.25, 0.3) is 0 Å². The fraction of sp³-hybridized carbons (Fsp3) is 0.138. The summed E-state index contributed by atoms with van der Waals surface area (Å²) < 4.78 is 165. The summed E-state index contributed by atoms with van der Waals surface area (Å²) in [6, 6.07) is 6.92. The SMILES string of the molecule is [O-]c1c(I)cc(I)cc1C=Nc1c(-c2cc(C(F)(F)F)cc(C(F)(F)F)c2)cccc1-c1cc(C(F)(F)F)cc(C(F)(F)F)c1. The second-order valence-electron chi connectivity index (χ2n) is 9.36. The Kier molecular flexibility index (Phi) is 9.52. The summed E-state index contributed by atoms with van der Waals surface area (Å²) in [5.41, 5.74) is -10.1. The van der Waals surface area contributed by atoms with Gasteiger partial charge in [-0.3, -0.25) is 4.99 Å². The van der Waals surface area contributed by atoms with Crippen LogP contribution in [0.15, 0.2) is 71.7 Å². The second-order valence-corrected chi connectivity index (χ2v) is 11.8. The quantitative estimate of drug-likeness (QED) is 0.114. The molecule has 0 aromatic heterocycles. The van der Waals surface area contributed by atoms with E-state index < -0.39 is 80.6 Å². The van der Waals surface area contributed by atoms with Crippen molar-refractivity contribution in [1.82, 2.24) is 0 Å². The van der Waals surface area contributed by atoms with Crippen LogP contribution in [0, 0.1) is 7.14 Å². The summed E-state index contributed by atoms with van der Waals surface area (Å²) >= 11 is 3.55. The van der Waals surface area contributed by atoms with Gasteiger partial charge in [-0.25, -0.2) is 0 Å². The number of halogens is 14. The summed E-state index contributed by atoms with van der Waals surface area (Å²) in [6.07, 6.45) is -20.2. The van der Waals surface area contributed by atoms with E-state index in [1.54, 1.807) is 22.6 Å². The van der Waals surface area contributed by atoms with E-state index in [0.29, 0.717) is 27.8 Å². The van der Waals surface area contributed by atoms with Gasteiger partial charge in [-0.2, -0.15) is 52.7 Å². The molecule has 0 spiro atoms. The topological polar surface area (TPSA) is 35.4 Å². The number of nitrogens with zero attached hydrogens (tertiary/aromatic N) is 1. The molecule has 4 rings (SSSR count). The molecule has 0 saturated carbocycles. The maximum absolute atomic E-state index is 13.7. The average molecular weight is 872 g/mol. The molecule has 0 aliphatic heterocycles. The third-order valence-corrected chi connectivity index (χ3v) is 7.63. The van der Waals surface area contributed by atoms with E-state index in [1.165, 1.54) is 12.1 Å². The third-order valence-electron chi connectivity index (χ3n) is 6.20. The van der Waals surface area contributed by atoms with Crippen molar-refractivity contribution in [3.05, 3.63) is 102 Å². The van der Waals surface area contributed by atoms with Crippen LogP contribution >= 0.6 is 45.2 Å². The number of aliphatic imine (C=N–C) groups is 1. The zero-order valence-electron chi connectivity index (χ0n) is 21.6. The molecule has 2 nitrogen and oxygen atoms in total. The van der Waals surface area contributed by atoms with Gasteiger partial charge in [0, 0.05) is 24.5 Å². The van der Waals surface area contributed by atoms with Crippen LogP contribution in [-0.2, 0) is 24.7 Å². The first kappa shape index (κ1) is 34.8. The maximum Gasteiger partial charge on any atom is 0.416 e. The highest BCUT2D eigenvalue weighted by Gasteiger charge is 2.39. The Bertz CT molecular complexity index is 1630. The van der Waals surface area contributed by atoms with Crippen LogP contribution < -0.4 is 5.11 Å². The van der Waals surface area contributed by atoms with Crippen LogP contribution in [0.3, 0.4) is 0 Å². The van der Waals surface area contributed by atoms with Crippen LogP contribution in [0.1, 0.15) is 27.8 Å². The Balaban J connectivity index is 2.11. The van der Waals surface area contributed by atoms with E-state index in [1.807, 2.05) is 22.6 Å². The van der Waals surface area contributed by atoms with Crippen molar-refractivity contribution < 1.29 is 57.8 Å². The minimum Gasteiger partial charge on any atom is -0.871 e. The van der Waals surface area contributed by atoms with Crippen molar-refractivity contribution in [1.29, 1.82) is 0 Å². The summed E-state index contributed by atoms with van der Waals surface area (Å²) in [6.45, 7) is 0. The summed E-state index contributed by atoms with van der Waals surface area (Å²) in [7, 11) is 0. The fourth-order valence-corrected chi connectivity index (χ4v) is 6.07. The molecule has 238 valence electrons. The first-order valence-corrected chi connectivity index (χ1v) is 14.1. The number of hydrogen-bond donors (Lipinski definition) is 0. The molecule has 0 aliphatic rings. The van der Waals surface area contributed by atoms with Crippen LogP contribution in [0.25, 0.3) is 22.3 Å². The summed E-state index contributed by atoms with van der Waals surface area (Å²) in [4.78, 5) is 4.08. The minimum atomic E-state index is -5.27. The molecule has 16 heteroatoms. The fourth-order valence-electron chi connectivity index (χ4n) is 4.18. The number of benzene rings is 4. The van der Waals surface area contributed by atoms with E-state index in [2.05, 4.69) is 4.99 Å². The van der Waals surface area contributed by atoms with E-state index >= 15 is 0 Å². The lowest BCUT2D eigenvalue weighted by molar-refractivity contribution is -0.269. The Morgan fingerprint density at radius 3 is 1.29 bits per heavy atom. The predicted octanol–water partition coefficient (Wildman–Crippen LogP) is 11.1. The Labute approximate surface area is 273 Å². The Hall–Kier alpha value is -3.03. The molecule has 4 aromatic carbocycles. The standard InChI is InChI=1S/C29H13F12I2NO/c30-26(31,32)16-4-13(5-17(9-16)27(33,34)35)21-2-1-3-22(24(21)44-12-15-8-20(42)11-23(43)25(15)45)14-6-18(28(36,37)38)10-19(7-14)29(39,40)41/h1-12,45H/p-1. The maximum atomic E-state index is 13.7. The summed E-state index contributed by atoms with van der Waals surface area (Å²) in [5, 5.41) is 12.7. The lowest BCUT2D eigenvalue weighted by Gasteiger charge is -2.19. The monoisotopic (exact) mass is 872 g/mol. The lowest BCUT2D eigenvalue weighted by atomic mass is 9.92. The van der Waals surface area contributed by atoms with Crippen molar-refractivity contribution >= 4 is 57.1 Å². The van der Waals surface area contributed by atoms with E-state index in [-0.39, 0.29) is 21.3 Å². The molecule has 0 bridgehead atoms. The molecule has 0 atom stereocenters. The Morgan fingerprint density at radius 1 is 0.556 bits per heavy atom. The normalized spacial score (nSPS) is 13.1. The van der Waals surface area contributed by atoms with Gasteiger partial charge >= 0.3 is 24.7 Å². The highest BCUT2D eigenvalue weighted by molar-refractivity contribution is 14.1.